The fraction of sp³-hybridized carbons (Fsp3) is 0.625. The molecule has 0 bridgehead atoms. The molecule has 108 valence electrons. The van der Waals surface area contributed by atoms with E-state index < -0.39 is 0 Å². The summed E-state index contributed by atoms with van der Waals surface area (Å²) in [4.78, 5) is 0. The van der Waals surface area contributed by atoms with Crippen LogP contribution in [-0.4, -0.2) is 13.7 Å². The highest BCUT2D eigenvalue weighted by atomic mass is 16.5. The third-order valence-electron chi connectivity index (χ3n) is 3.28. The zero-order chi connectivity index (χ0) is 14.1. The van der Waals surface area contributed by atoms with Crippen LogP contribution in [0.5, 0.6) is 5.75 Å². The fourth-order valence-electron chi connectivity index (χ4n) is 2.07. The smallest absolute Gasteiger partial charge is 0.121 e. The maximum Gasteiger partial charge on any atom is 0.121 e. The Kier molecular flexibility index (Phi) is 7.16. The lowest BCUT2D eigenvalue weighted by Gasteiger charge is -2.11. The second kappa shape index (κ2) is 8.68. The van der Waals surface area contributed by atoms with Gasteiger partial charge < -0.3 is 15.8 Å². The first kappa shape index (κ1) is 15.7. The van der Waals surface area contributed by atoms with E-state index >= 15 is 0 Å². The predicted molar refractivity (Wildman–Crippen MR) is 83.8 cm³/mol. The molecule has 1 aromatic carbocycles. The van der Waals surface area contributed by atoms with E-state index in [2.05, 4.69) is 19.2 Å². The number of hydrogen-bond acceptors (Lipinski definition) is 3. The first-order valence-electron chi connectivity index (χ1n) is 7.31. The van der Waals surface area contributed by atoms with Gasteiger partial charge in [-0.05, 0) is 24.5 Å². The van der Waals surface area contributed by atoms with E-state index in [4.69, 9.17) is 10.5 Å². The molecule has 0 atom stereocenters. The Morgan fingerprint density at radius 1 is 1.16 bits per heavy atom. The molecular weight excluding hydrogens is 236 g/mol. The zero-order valence-corrected chi connectivity index (χ0v) is 12.5. The van der Waals surface area contributed by atoms with Crippen LogP contribution in [-0.2, 0) is 0 Å². The summed E-state index contributed by atoms with van der Waals surface area (Å²) in [6.07, 6.45) is 6.49. The van der Waals surface area contributed by atoms with Crippen molar-refractivity contribution in [1.82, 2.24) is 0 Å². The molecule has 0 saturated heterocycles. The van der Waals surface area contributed by atoms with E-state index in [0.29, 0.717) is 0 Å². The first-order chi connectivity index (χ1) is 9.13. The molecule has 3 nitrogen and oxygen atoms in total. The fourth-order valence-corrected chi connectivity index (χ4v) is 2.07. The van der Waals surface area contributed by atoms with Crippen LogP contribution in [0, 0.1) is 5.92 Å². The summed E-state index contributed by atoms with van der Waals surface area (Å²) in [6, 6.07) is 5.71. The van der Waals surface area contributed by atoms with Gasteiger partial charge in [-0.2, -0.15) is 0 Å². The first-order valence-corrected chi connectivity index (χ1v) is 7.31. The van der Waals surface area contributed by atoms with Crippen molar-refractivity contribution in [3.8, 4) is 5.75 Å². The number of methoxy groups -OCH3 is 1. The van der Waals surface area contributed by atoms with Crippen LogP contribution in [0.4, 0.5) is 11.4 Å². The molecule has 1 aromatic rings. The van der Waals surface area contributed by atoms with Gasteiger partial charge in [0.2, 0.25) is 0 Å². The monoisotopic (exact) mass is 264 g/mol. The van der Waals surface area contributed by atoms with Crippen LogP contribution in [0.1, 0.15) is 46.0 Å². The molecule has 1 rings (SSSR count). The van der Waals surface area contributed by atoms with Gasteiger partial charge in [0.15, 0.2) is 0 Å². The minimum Gasteiger partial charge on any atom is -0.497 e. The standard InChI is InChI=1S/C16H28N2O/c1-13(2)8-6-4-5-7-11-18-16-12-14(19-3)9-10-15(16)17/h9-10,12-13,18H,4-8,11,17H2,1-3H3. The van der Waals surface area contributed by atoms with Crippen LogP contribution in [0.15, 0.2) is 18.2 Å². The number of nitrogens with two attached hydrogens (primary N) is 1. The topological polar surface area (TPSA) is 47.3 Å². The Bertz CT molecular complexity index is 364. The number of ether oxygens (including phenoxy) is 1. The lowest BCUT2D eigenvalue weighted by molar-refractivity contribution is 0.415. The summed E-state index contributed by atoms with van der Waals surface area (Å²) in [7, 11) is 1.67. The molecule has 0 fully saturated rings. The lowest BCUT2D eigenvalue weighted by Crippen LogP contribution is -2.04. The molecule has 0 aliphatic heterocycles. The summed E-state index contributed by atoms with van der Waals surface area (Å²) >= 11 is 0. The Morgan fingerprint density at radius 3 is 2.58 bits per heavy atom. The Morgan fingerprint density at radius 2 is 1.89 bits per heavy atom. The Balaban J connectivity index is 2.18. The molecule has 0 aromatic heterocycles. The minimum atomic E-state index is 0.778. The number of anilines is 2. The quantitative estimate of drug-likeness (QED) is 0.516. The number of rotatable bonds is 9. The van der Waals surface area contributed by atoms with Crippen molar-refractivity contribution in [1.29, 1.82) is 0 Å². The van der Waals surface area contributed by atoms with Crippen molar-refractivity contribution in [2.45, 2.75) is 46.0 Å². The van der Waals surface area contributed by atoms with Gasteiger partial charge in [0, 0.05) is 12.6 Å². The molecule has 0 amide bonds. The molecule has 0 unspecified atom stereocenters. The average Bonchev–Trinajstić information content (AvgIpc) is 2.39. The molecule has 0 heterocycles. The van der Waals surface area contributed by atoms with Gasteiger partial charge in [0.1, 0.15) is 5.75 Å². The molecule has 0 radical (unpaired) electrons. The van der Waals surface area contributed by atoms with E-state index in [1.54, 1.807) is 7.11 Å². The summed E-state index contributed by atoms with van der Waals surface area (Å²) < 4.78 is 5.20. The van der Waals surface area contributed by atoms with Crippen LogP contribution in [0.25, 0.3) is 0 Å². The van der Waals surface area contributed by atoms with Crippen molar-refractivity contribution < 1.29 is 4.74 Å². The zero-order valence-electron chi connectivity index (χ0n) is 12.5. The SMILES string of the molecule is COc1ccc(N)c(NCCCCCCC(C)C)c1. The molecule has 0 saturated carbocycles. The van der Waals surface area contributed by atoms with Gasteiger partial charge in [-0.1, -0.05) is 39.5 Å². The third kappa shape index (κ3) is 6.37. The van der Waals surface area contributed by atoms with Gasteiger partial charge in [0.25, 0.3) is 0 Å². The van der Waals surface area contributed by atoms with Gasteiger partial charge >= 0.3 is 0 Å². The summed E-state index contributed by atoms with van der Waals surface area (Å²) in [5.74, 6) is 1.67. The number of benzene rings is 1. The van der Waals surface area contributed by atoms with Gasteiger partial charge in [-0.3, -0.25) is 0 Å². The van der Waals surface area contributed by atoms with Gasteiger partial charge in [-0.25, -0.2) is 0 Å². The largest absolute Gasteiger partial charge is 0.497 e. The molecule has 3 heteroatoms. The second-order valence-corrected chi connectivity index (χ2v) is 5.48. The van der Waals surface area contributed by atoms with Crippen LogP contribution in [0.2, 0.25) is 0 Å². The molecule has 0 aliphatic rings. The molecule has 3 N–H and O–H groups in total. The number of nitrogens with one attached hydrogen (secondary N) is 1. The van der Waals surface area contributed by atoms with Crippen molar-refractivity contribution in [3.63, 3.8) is 0 Å². The van der Waals surface area contributed by atoms with Crippen LogP contribution in [0.3, 0.4) is 0 Å². The van der Waals surface area contributed by atoms with E-state index in [1.807, 2.05) is 18.2 Å². The van der Waals surface area contributed by atoms with Crippen LogP contribution < -0.4 is 15.8 Å². The van der Waals surface area contributed by atoms with Crippen molar-refractivity contribution >= 4 is 11.4 Å². The maximum atomic E-state index is 5.92. The molecule has 19 heavy (non-hydrogen) atoms. The average molecular weight is 264 g/mol. The molecule has 0 aliphatic carbocycles. The van der Waals surface area contributed by atoms with Crippen molar-refractivity contribution in [2.24, 2.45) is 5.92 Å². The van der Waals surface area contributed by atoms with E-state index in [1.165, 1.54) is 32.1 Å². The normalized spacial score (nSPS) is 10.7. The number of unbranched alkanes of at least 4 members (excludes halogenated alkanes) is 3. The third-order valence-corrected chi connectivity index (χ3v) is 3.28. The summed E-state index contributed by atoms with van der Waals surface area (Å²) in [5.41, 5.74) is 7.67. The van der Waals surface area contributed by atoms with E-state index in [9.17, 15) is 0 Å². The Labute approximate surface area is 117 Å². The van der Waals surface area contributed by atoms with Crippen LogP contribution >= 0.6 is 0 Å². The number of hydrogen-bond donors (Lipinski definition) is 2. The second-order valence-electron chi connectivity index (χ2n) is 5.48. The van der Waals surface area contributed by atoms with Crippen molar-refractivity contribution in [3.05, 3.63) is 18.2 Å². The summed E-state index contributed by atoms with van der Waals surface area (Å²) in [6.45, 7) is 5.54. The highest BCUT2D eigenvalue weighted by molar-refractivity contribution is 5.68. The van der Waals surface area contributed by atoms with Gasteiger partial charge in [-0.15, -0.1) is 0 Å². The minimum absolute atomic E-state index is 0.778. The van der Waals surface area contributed by atoms with Gasteiger partial charge in [0.05, 0.1) is 18.5 Å². The lowest BCUT2D eigenvalue weighted by atomic mass is 10.0. The number of nitrogen functional groups attached to an aromatic ring is 1. The van der Waals surface area contributed by atoms with Crippen molar-refractivity contribution in [2.75, 3.05) is 24.7 Å². The molecule has 0 spiro atoms. The predicted octanol–water partition coefficient (Wildman–Crippen LogP) is 4.30. The highest BCUT2D eigenvalue weighted by Crippen LogP contribution is 2.24. The van der Waals surface area contributed by atoms with E-state index in [-0.39, 0.29) is 0 Å². The van der Waals surface area contributed by atoms with E-state index in [0.717, 1.165) is 29.6 Å². The highest BCUT2D eigenvalue weighted by Gasteiger charge is 2.00. The Hall–Kier alpha value is -1.38. The maximum absolute atomic E-state index is 5.92. The molecular formula is C16H28N2O. The summed E-state index contributed by atoms with van der Waals surface area (Å²) in [5, 5.41) is 3.38.